The van der Waals surface area contributed by atoms with Crippen LogP contribution in [0.1, 0.15) is 26.7 Å². The summed E-state index contributed by atoms with van der Waals surface area (Å²) in [6.45, 7) is 5.56. The summed E-state index contributed by atoms with van der Waals surface area (Å²) in [6.07, 6.45) is 1.64. The van der Waals surface area contributed by atoms with Gasteiger partial charge in [0.25, 0.3) is 0 Å². The Balaban J connectivity index is 2.13. The van der Waals surface area contributed by atoms with Crippen LogP contribution in [0.15, 0.2) is 0 Å². The summed E-state index contributed by atoms with van der Waals surface area (Å²) in [5, 5.41) is 2.65. The third-order valence-electron chi connectivity index (χ3n) is 3.81. The highest BCUT2D eigenvalue weighted by atomic mass is 16.5. The minimum absolute atomic E-state index is 0.0239. The van der Waals surface area contributed by atoms with Gasteiger partial charge in [-0.1, -0.05) is 6.92 Å². The molecular weight excluding hydrogens is 220 g/mol. The summed E-state index contributed by atoms with van der Waals surface area (Å²) in [5.74, 6) is 0.354. The largest absolute Gasteiger partial charge is 0.381 e. The molecule has 3 atom stereocenters. The number of amides is 2. The molecule has 0 aliphatic carbocycles. The number of carbonyl (C=O) groups excluding carboxylic acids is 2. The molecular formula is C12H20N2O3. The van der Waals surface area contributed by atoms with Crippen LogP contribution in [-0.2, 0) is 14.3 Å². The van der Waals surface area contributed by atoms with E-state index in [-0.39, 0.29) is 30.4 Å². The van der Waals surface area contributed by atoms with Crippen LogP contribution in [0.3, 0.4) is 0 Å². The van der Waals surface area contributed by atoms with Crippen molar-refractivity contribution in [2.75, 3.05) is 19.8 Å². The first-order chi connectivity index (χ1) is 8.15. The Labute approximate surface area is 101 Å². The van der Waals surface area contributed by atoms with Gasteiger partial charge in [-0.3, -0.25) is 9.59 Å². The Morgan fingerprint density at radius 1 is 1.53 bits per heavy atom. The summed E-state index contributed by atoms with van der Waals surface area (Å²) >= 11 is 0. The molecule has 0 aromatic heterocycles. The second kappa shape index (κ2) is 5.04. The highest BCUT2D eigenvalue weighted by Crippen LogP contribution is 2.24. The molecule has 2 heterocycles. The average molecular weight is 240 g/mol. The van der Waals surface area contributed by atoms with Crippen molar-refractivity contribution in [1.82, 2.24) is 10.2 Å². The average Bonchev–Trinajstić information content (AvgIpc) is 2.84. The van der Waals surface area contributed by atoms with Crippen LogP contribution in [-0.4, -0.2) is 48.6 Å². The Kier molecular flexibility index (Phi) is 3.66. The van der Waals surface area contributed by atoms with Crippen LogP contribution in [0.25, 0.3) is 0 Å². The maximum absolute atomic E-state index is 12.0. The molecule has 0 bridgehead atoms. The van der Waals surface area contributed by atoms with Crippen molar-refractivity contribution in [2.45, 2.75) is 38.8 Å². The van der Waals surface area contributed by atoms with E-state index in [2.05, 4.69) is 5.32 Å². The fourth-order valence-electron chi connectivity index (χ4n) is 2.73. The maximum atomic E-state index is 12.0. The minimum Gasteiger partial charge on any atom is -0.381 e. The highest BCUT2D eigenvalue weighted by molar-refractivity contribution is 5.94. The SMILES string of the molecule is CCC1C(=O)NCC(=O)N1C(C)C1CCOC1. The number of carbonyl (C=O) groups is 2. The highest BCUT2D eigenvalue weighted by Gasteiger charge is 2.39. The third kappa shape index (κ3) is 2.29. The Hall–Kier alpha value is -1.10. The third-order valence-corrected chi connectivity index (χ3v) is 3.81. The van der Waals surface area contributed by atoms with Gasteiger partial charge in [0, 0.05) is 18.6 Å². The molecule has 1 N–H and O–H groups in total. The van der Waals surface area contributed by atoms with Gasteiger partial charge >= 0.3 is 0 Å². The molecule has 2 aliphatic heterocycles. The molecule has 5 heteroatoms. The summed E-state index contributed by atoms with van der Waals surface area (Å²) in [4.78, 5) is 25.5. The first-order valence-electron chi connectivity index (χ1n) is 6.31. The first kappa shape index (κ1) is 12.4. The molecule has 2 fully saturated rings. The number of piperazine rings is 1. The van der Waals surface area contributed by atoms with Gasteiger partial charge in [-0.25, -0.2) is 0 Å². The van der Waals surface area contributed by atoms with E-state index >= 15 is 0 Å². The number of nitrogens with one attached hydrogen (secondary N) is 1. The molecule has 2 aliphatic rings. The zero-order chi connectivity index (χ0) is 12.4. The van der Waals surface area contributed by atoms with Crippen molar-refractivity contribution in [2.24, 2.45) is 5.92 Å². The molecule has 0 spiro atoms. The standard InChI is InChI=1S/C12H20N2O3/c1-3-10-12(16)13-6-11(15)14(10)8(2)9-4-5-17-7-9/h8-10H,3-7H2,1-2H3,(H,13,16). The van der Waals surface area contributed by atoms with Crippen molar-refractivity contribution in [3.8, 4) is 0 Å². The number of hydrogen-bond donors (Lipinski definition) is 1. The number of rotatable bonds is 3. The van der Waals surface area contributed by atoms with Crippen LogP contribution < -0.4 is 5.32 Å². The number of ether oxygens (including phenoxy) is 1. The maximum Gasteiger partial charge on any atom is 0.243 e. The predicted octanol–water partition coefficient (Wildman–Crippen LogP) is 0.148. The molecule has 0 saturated carbocycles. The monoisotopic (exact) mass is 240 g/mol. The van der Waals surface area contributed by atoms with Crippen LogP contribution >= 0.6 is 0 Å². The van der Waals surface area contributed by atoms with Crippen molar-refractivity contribution in [3.05, 3.63) is 0 Å². The molecule has 2 amide bonds. The molecule has 5 nitrogen and oxygen atoms in total. The summed E-state index contributed by atoms with van der Waals surface area (Å²) in [6, 6.07) is -0.229. The van der Waals surface area contributed by atoms with Gasteiger partial charge in [0.1, 0.15) is 6.04 Å². The minimum atomic E-state index is -0.313. The van der Waals surface area contributed by atoms with E-state index in [4.69, 9.17) is 4.74 Å². The lowest BCUT2D eigenvalue weighted by Crippen LogP contribution is -2.62. The van der Waals surface area contributed by atoms with E-state index in [1.807, 2.05) is 13.8 Å². The quantitative estimate of drug-likeness (QED) is 0.764. The van der Waals surface area contributed by atoms with Gasteiger partial charge in [0.2, 0.25) is 11.8 Å². The number of hydrogen-bond acceptors (Lipinski definition) is 3. The molecule has 0 aromatic rings. The van der Waals surface area contributed by atoms with Crippen LogP contribution in [0.2, 0.25) is 0 Å². The van der Waals surface area contributed by atoms with Crippen molar-refractivity contribution < 1.29 is 14.3 Å². The second-order valence-corrected chi connectivity index (χ2v) is 4.81. The molecule has 2 rings (SSSR count). The van der Waals surface area contributed by atoms with E-state index in [1.54, 1.807) is 4.90 Å². The molecule has 0 aromatic carbocycles. The van der Waals surface area contributed by atoms with Crippen molar-refractivity contribution in [1.29, 1.82) is 0 Å². The summed E-state index contributed by atoms with van der Waals surface area (Å²) < 4.78 is 5.36. The van der Waals surface area contributed by atoms with Crippen LogP contribution in [0.5, 0.6) is 0 Å². The lowest BCUT2D eigenvalue weighted by molar-refractivity contribution is -0.149. The summed E-state index contributed by atoms with van der Waals surface area (Å²) in [5.41, 5.74) is 0. The zero-order valence-electron chi connectivity index (χ0n) is 10.4. The van der Waals surface area contributed by atoms with Gasteiger partial charge in [0.15, 0.2) is 0 Å². The molecule has 2 saturated heterocycles. The van der Waals surface area contributed by atoms with E-state index in [0.29, 0.717) is 18.9 Å². The fraction of sp³-hybridized carbons (Fsp3) is 0.833. The zero-order valence-corrected chi connectivity index (χ0v) is 10.4. The predicted molar refractivity (Wildman–Crippen MR) is 62.3 cm³/mol. The molecule has 96 valence electrons. The lowest BCUT2D eigenvalue weighted by atomic mass is 9.95. The van der Waals surface area contributed by atoms with Crippen molar-refractivity contribution in [3.63, 3.8) is 0 Å². The van der Waals surface area contributed by atoms with Crippen LogP contribution in [0.4, 0.5) is 0 Å². The Bertz CT molecular complexity index is 313. The van der Waals surface area contributed by atoms with E-state index < -0.39 is 0 Å². The van der Waals surface area contributed by atoms with E-state index in [0.717, 1.165) is 13.0 Å². The normalized spacial score (nSPS) is 31.5. The summed E-state index contributed by atoms with van der Waals surface area (Å²) in [7, 11) is 0. The van der Waals surface area contributed by atoms with Crippen LogP contribution in [0, 0.1) is 5.92 Å². The topological polar surface area (TPSA) is 58.6 Å². The molecule has 17 heavy (non-hydrogen) atoms. The van der Waals surface area contributed by atoms with E-state index in [9.17, 15) is 9.59 Å². The van der Waals surface area contributed by atoms with Crippen molar-refractivity contribution >= 4 is 11.8 Å². The van der Waals surface area contributed by atoms with E-state index in [1.165, 1.54) is 0 Å². The Morgan fingerprint density at radius 3 is 2.88 bits per heavy atom. The smallest absolute Gasteiger partial charge is 0.243 e. The Morgan fingerprint density at radius 2 is 2.29 bits per heavy atom. The van der Waals surface area contributed by atoms with Gasteiger partial charge in [-0.05, 0) is 19.8 Å². The van der Waals surface area contributed by atoms with Gasteiger partial charge in [0.05, 0.1) is 13.2 Å². The van der Waals surface area contributed by atoms with Gasteiger partial charge in [-0.15, -0.1) is 0 Å². The first-order valence-corrected chi connectivity index (χ1v) is 6.31. The van der Waals surface area contributed by atoms with Gasteiger partial charge in [-0.2, -0.15) is 0 Å². The number of nitrogens with zero attached hydrogens (tertiary/aromatic N) is 1. The molecule has 0 radical (unpaired) electrons. The second-order valence-electron chi connectivity index (χ2n) is 4.81. The van der Waals surface area contributed by atoms with Gasteiger partial charge < -0.3 is 15.0 Å². The molecule has 3 unspecified atom stereocenters. The lowest BCUT2D eigenvalue weighted by Gasteiger charge is -2.40. The fourth-order valence-corrected chi connectivity index (χ4v) is 2.73.